The number of fused-ring (bicyclic) bond motifs is 3. The fourth-order valence-corrected chi connectivity index (χ4v) is 4.80. The number of amides is 3. The Labute approximate surface area is 187 Å². The van der Waals surface area contributed by atoms with Gasteiger partial charge in [-0.1, -0.05) is 30.3 Å². The van der Waals surface area contributed by atoms with E-state index in [4.69, 9.17) is 4.74 Å². The molecule has 1 fully saturated rings. The van der Waals surface area contributed by atoms with Gasteiger partial charge in [-0.05, 0) is 42.7 Å². The third-order valence-electron chi connectivity index (χ3n) is 6.26. The normalized spacial score (nSPS) is 24.9. The van der Waals surface area contributed by atoms with E-state index in [2.05, 4.69) is 0 Å². The van der Waals surface area contributed by atoms with Gasteiger partial charge in [-0.2, -0.15) is 0 Å². The number of carbonyl (C=O) groups is 3. The lowest BCUT2D eigenvalue weighted by atomic mass is 9.97. The van der Waals surface area contributed by atoms with Crippen LogP contribution in [0, 0.1) is 17.6 Å². The molecule has 2 aromatic carbocycles. The van der Waals surface area contributed by atoms with Crippen LogP contribution in [0.25, 0.3) is 0 Å². The molecule has 3 atom stereocenters. The number of hydrogen-bond acceptors (Lipinski definition) is 4. The van der Waals surface area contributed by atoms with Crippen molar-refractivity contribution >= 4 is 23.6 Å². The van der Waals surface area contributed by atoms with Crippen molar-refractivity contribution in [1.82, 2.24) is 4.90 Å². The highest BCUT2D eigenvalue weighted by Crippen LogP contribution is 2.49. The second kappa shape index (κ2) is 7.54. The van der Waals surface area contributed by atoms with Crippen molar-refractivity contribution in [3.8, 4) is 0 Å². The fourth-order valence-electron chi connectivity index (χ4n) is 4.80. The van der Waals surface area contributed by atoms with Crippen LogP contribution in [-0.4, -0.2) is 34.1 Å². The van der Waals surface area contributed by atoms with Crippen LogP contribution in [0.15, 0.2) is 65.9 Å². The van der Waals surface area contributed by atoms with Crippen LogP contribution < -0.4 is 4.90 Å². The van der Waals surface area contributed by atoms with Crippen LogP contribution >= 0.6 is 0 Å². The minimum Gasteiger partial charge on any atom is -0.474 e. The first-order valence-corrected chi connectivity index (χ1v) is 10.3. The Morgan fingerprint density at radius 3 is 2.48 bits per heavy atom. The van der Waals surface area contributed by atoms with Crippen LogP contribution in [0.4, 0.5) is 19.3 Å². The standard InChI is InChI=1S/C24H18F2N2O5/c1-12-9-19(27(22(12)29)21-17(25)7-4-8-18(21)26)33-11-16-15-10-13-5-2-3-6-14(13)20(15)28(23(16)30)24(31)32/h2-9,11,15,19-20H,10H2,1H3,(H,31,32)/b16-11+. The monoisotopic (exact) mass is 452 g/mol. The first-order valence-electron chi connectivity index (χ1n) is 10.3. The van der Waals surface area contributed by atoms with Crippen molar-refractivity contribution in [2.24, 2.45) is 5.92 Å². The third-order valence-corrected chi connectivity index (χ3v) is 6.26. The van der Waals surface area contributed by atoms with Crippen molar-refractivity contribution in [3.05, 3.63) is 88.7 Å². The number of halogens is 2. The number of hydrogen-bond donors (Lipinski definition) is 1. The summed E-state index contributed by atoms with van der Waals surface area (Å²) in [4.78, 5) is 39.0. The average Bonchev–Trinajstić information content (AvgIpc) is 3.36. The molecule has 1 aliphatic carbocycles. The number of carboxylic acid groups (broad SMARTS) is 1. The van der Waals surface area contributed by atoms with Gasteiger partial charge in [-0.25, -0.2) is 18.5 Å². The fraction of sp³-hybridized carbons (Fsp3) is 0.208. The average molecular weight is 452 g/mol. The van der Waals surface area contributed by atoms with E-state index in [1.54, 1.807) is 12.1 Å². The van der Waals surface area contributed by atoms with E-state index in [1.165, 1.54) is 19.1 Å². The highest BCUT2D eigenvalue weighted by atomic mass is 19.1. The van der Waals surface area contributed by atoms with E-state index >= 15 is 0 Å². The molecule has 3 aliphatic rings. The number of carbonyl (C=O) groups excluding carboxylic acids is 2. The number of rotatable bonds is 3. The maximum atomic E-state index is 14.4. The molecule has 2 aliphatic heterocycles. The summed E-state index contributed by atoms with van der Waals surface area (Å²) >= 11 is 0. The summed E-state index contributed by atoms with van der Waals surface area (Å²) in [7, 11) is 0. The number of ether oxygens (including phenoxy) is 1. The number of likely N-dealkylation sites (tertiary alicyclic amines) is 1. The zero-order chi connectivity index (χ0) is 23.4. The van der Waals surface area contributed by atoms with Gasteiger partial charge in [-0.15, -0.1) is 0 Å². The molecule has 1 N–H and O–H groups in total. The Bertz CT molecular complexity index is 1250. The van der Waals surface area contributed by atoms with Crippen molar-refractivity contribution in [1.29, 1.82) is 0 Å². The molecule has 0 spiro atoms. The first-order chi connectivity index (χ1) is 15.8. The molecule has 2 aromatic rings. The summed E-state index contributed by atoms with van der Waals surface area (Å²) < 4.78 is 34.5. The molecule has 5 rings (SSSR count). The van der Waals surface area contributed by atoms with Crippen LogP contribution in [-0.2, 0) is 20.7 Å². The predicted octanol–water partition coefficient (Wildman–Crippen LogP) is 3.92. The first kappa shape index (κ1) is 20.9. The molecule has 7 nitrogen and oxygen atoms in total. The van der Waals surface area contributed by atoms with E-state index in [0.29, 0.717) is 6.42 Å². The van der Waals surface area contributed by atoms with Gasteiger partial charge < -0.3 is 9.84 Å². The second-order valence-electron chi connectivity index (χ2n) is 8.11. The lowest BCUT2D eigenvalue weighted by Crippen LogP contribution is -2.37. The zero-order valence-electron chi connectivity index (χ0n) is 17.4. The maximum Gasteiger partial charge on any atom is 0.414 e. The molecule has 2 heterocycles. The summed E-state index contributed by atoms with van der Waals surface area (Å²) in [6.45, 7) is 1.49. The summed E-state index contributed by atoms with van der Waals surface area (Å²) in [5.74, 6) is -3.70. The molecular formula is C24H18F2N2O5. The largest absolute Gasteiger partial charge is 0.474 e. The lowest BCUT2D eigenvalue weighted by molar-refractivity contribution is -0.124. The Balaban J connectivity index is 1.50. The van der Waals surface area contributed by atoms with Crippen molar-refractivity contribution in [2.45, 2.75) is 25.6 Å². The molecule has 0 bridgehead atoms. The third kappa shape index (κ3) is 3.11. The molecule has 3 amide bonds. The molecule has 0 radical (unpaired) electrons. The molecule has 168 valence electrons. The lowest BCUT2D eigenvalue weighted by Gasteiger charge is -2.25. The Kier molecular flexibility index (Phi) is 4.77. The second-order valence-corrected chi connectivity index (χ2v) is 8.11. The van der Waals surface area contributed by atoms with E-state index < -0.39 is 53.4 Å². The van der Waals surface area contributed by atoms with E-state index in [9.17, 15) is 28.3 Å². The summed E-state index contributed by atoms with van der Waals surface area (Å²) in [6, 6.07) is 9.85. The SMILES string of the molecule is CC1=CC(O/C=C2/C(=O)N(C(=O)O)C3c4ccccc4CC23)N(c2c(F)cccc2F)C1=O. The molecular weight excluding hydrogens is 434 g/mol. The van der Waals surface area contributed by atoms with Gasteiger partial charge in [0.05, 0.1) is 17.9 Å². The quantitative estimate of drug-likeness (QED) is 0.564. The zero-order valence-corrected chi connectivity index (χ0v) is 17.4. The minimum atomic E-state index is -1.38. The number of para-hydroxylation sites is 1. The Morgan fingerprint density at radius 1 is 1.09 bits per heavy atom. The van der Waals surface area contributed by atoms with Crippen LogP contribution in [0.1, 0.15) is 24.1 Å². The summed E-state index contributed by atoms with van der Waals surface area (Å²) in [6.07, 6.45) is 0.367. The molecule has 3 unspecified atom stereocenters. The molecule has 9 heteroatoms. The van der Waals surface area contributed by atoms with Gasteiger partial charge in [-0.3, -0.25) is 14.5 Å². The highest BCUT2D eigenvalue weighted by Gasteiger charge is 2.52. The number of nitrogens with zero attached hydrogens (tertiary/aromatic N) is 2. The van der Waals surface area contributed by atoms with E-state index in [-0.39, 0.29) is 11.1 Å². The number of anilines is 1. The highest BCUT2D eigenvalue weighted by molar-refractivity contribution is 6.08. The number of imide groups is 1. The maximum absolute atomic E-state index is 14.4. The number of benzene rings is 2. The van der Waals surface area contributed by atoms with Crippen molar-refractivity contribution in [3.63, 3.8) is 0 Å². The van der Waals surface area contributed by atoms with E-state index in [1.807, 2.05) is 12.1 Å². The smallest absolute Gasteiger partial charge is 0.414 e. The predicted molar refractivity (Wildman–Crippen MR) is 112 cm³/mol. The summed E-state index contributed by atoms with van der Waals surface area (Å²) in [5.41, 5.74) is 1.47. The Morgan fingerprint density at radius 2 is 1.79 bits per heavy atom. The van der Waals surface area contributed by atoms with E-state index in [0.717, 1.165) is 39.3 Å². The van der Waals surface area contributed by atoms with Crippen molar-refractivity contribution < 1.29 is 33.0 Å². The van der Waals surface area contributed by atoms with Crippen LogP contribution in [0.3, 0.4) is 0 Å². The molecule has 0 aromatic heterocycles. The van der Waals surface area contributed by atoms with Gasteiger partial charge in [0.2, 0.25) is 0 Å². The minimum absolute atomic E-state index is 0.123. The van der Waals surface area contributed by atoms with Crippen LogP contribution in [0.2, 0.25) is 0 Å². The summed E-state index contributed by atoms with van der Waals surface area (Å²) in [5, 5.41) is 9.67. The topological polar surface area (TPSA) is 87.2 Å². The molecule has 33 heavy (non-hydrogen) atoms. The Hall–Kier alpha value is -4.01. The van der Waals surface area contributed by atoms with Gasteiger partial charge in [0.25, 0.3) is 11.8 Å². The molecule has 1 saturated heterocycles. The van der Waals surface area contributed by atoms with Crippen LogP contribution in [0.5, 0.6) is 0 Å². The molecule has 0 saturated carbocycles. The van der Waals surface area contributed by atoms with Gasteiger partial charge in [0.1, 0.15) is 17.3 Å². The van der Waals surface area contributed by atoms with Gasteiger partial charge in [0.15, 0.2) is 6.23 Å². The van der Waals surface area contributed by atoms with Crippen molar-refractivity contribution in [2.75, 3.05) is 4.90 Å². The van der Waals surface area contributed by atoms with Gasteiger partial charge >= 0.3 is 6.09 Å². The van der Waals surface area contributed by atoms with Gasteiger partial charge in [0, 0.05) is 11.5 Å².